The molecule has 1 amide bonds. The average molecular weight is 298 g/mol. The third-order valence-electron chi connectivity index (χ3n) is 6.03. The van der Waals surface area contributed by atoms with E-state index in [-0.39, 0.29) is 11.4 Å². The lowest BCUT2D eigenvalue weighted by molar-refractivity contribution is -0.148. The van der Waals surface area contributed by atoms with Crippen molar-refractivity contribution in [2.24, 2.45) is 22.5 Å². The van der Waals surface area contributed by atoms with Gasteiger partial charge in [0.15, 0.2) is 0 Å². The first kappa shape index (κ1) is 18.0. The Kier molecular flexibility index (Phi) is 5.09. The summed E-state index contributed by atoms with van der Waals surface area (Å²) in [5.41, 5.74) is 4.59. The highest BCUT2D eigenvalue weighted by atomic mass is 16.4. The number of nitrogens with one attached hydrogen (secondary N) is 1. The predicted molar refractivity (Wildman–Crippen MR) is 82.8 cm³/mol. The Balaban J connectivity index is 2.85. The normalized spacial score (nSPS) is 28.4. The van der Waals surface area contributed by atoms with Crippen molar-refractivity contribution in [3.8, 4) is 0 Å². The van der Waals surface area contributed by atoms with Gasteiger partial charge in [0, 0.05) is 12.1 Å². The van der Waals surface area contributed by atoms with Gasteiger partial charge in [-0.15, -0.1) is 0 Å². The van der Waals surface area contributed by atoms with E-state index >= 15 is 0 Å². The standard InChI is InChI=1S/C16H30N2O3/c1-6-16(17,7-2)10-18-13(21)15(5)9-8-11(12(19)20)14(15,3)4/h11H,6-10,17H2,1-5H3,(H,18,21)(H,19,20). The van der Waals surface area contributed by atoms with Crippen molar-refractivity contribution in [3.63, 3.8) is 0 Å². The van der Waals surface area contributed by atoms with Crippen LogP contribution in [0.2, 0.25) is 0 Å². The molecule has 1 rings (SSSR count). The van der Waals surface area contributed by atoms with E-state index in [1.807, 2.05) is 34.6 Å². The van der Waals surface area contributed by atoms with Crippen LogP contribution in [0.1, 0.15) is 60.3 Å². The van der Waals surface area contributed by atoms with Gasteiger partial charge in [0.2, 0.25) is 5.91 Å². The van der Waals surface area contributed by atoms with Gasteiger partial charge in [-0.2, -0.15) is 0 Å². The van der Waals surface area contributed by atoms with Crippen molar-refractivity contribution < 1.29 is 14.7 Å². The quantitative estimate of drug-likeness (QED) is 0.700. The Bertz CT molecular complexity index is 416. The van der Waals surface area contributed by atoms with Gasteiger partial charge in [0.05, 0.1) is 11.3 Å². The summed E-state index contributed by atoms with van der Waals surface area (Å²) >= 11 is 0. The number of aliphatic carboxylic acids is 1. The Morgan fingerprint density at radius 1 is 1.29 bits per heavy atom. The maximum absolute atomic E-state index is 12.7. The maximum Gasteiger partial charge on any atom is 0.307 e. The van der Waals surface area contributed by atoms with Gasteiger partial charge in [0.25, 0.3) is 0 Å². The zero-order chi connectivity index (χ0) is 16.5. The Hall–Kier alpha value is -1.10. The van der Waals surface area contributed by atoms with E-state index < -0.39 is 22.7 Å². The number of nitrogens with two attached hydrogens (primary N) is 1. The summed E-state index contributed by atoms with van der Waals surface area (Å²) in [6.07, 6.45) is 2.73. The molecule has 5 heteroatoms. The molecule has 0 radical (unpaired) electrons. The van der Waals surface area contributed by atoms with Crippen molar-refractivity contribution in [3.05, 3.63) is 0 Å². The number of carboxylic acids is 1. The fourth-order valence-corrected chi connectivity index (χ4v) is 3.29. The summed E-state index contributed by atoms with van der Waals surface area (Å²) in [5.74, 6) is -1.37. The van der Waals surface area contributed by atoms with Gasteiger partial charge in [-0.25, -0.2) is 0 Å². The van der Waals surface area contributed by atoms with Gasteiger partial charge < -0.3 is 16.2 Å². The molecule has 1 fully saturated rings. The molecule has 0 aromatic carbocycles. The van der Waals surface area contributed by atoms with Crippen molar-refractivity contribution in [1.82, 2.24) is 5.32 Å². The average Bonchev–Trinajstić information content (AvgIpc) is 2.67. The fourth-order valence-electron chi connectivity index (χ4n) is 3.29. The Labute approximate surface area is 127 Å². The molecule has 0 saturated heterocycles. The molecule has 4 N–H and O–H groups in total. The molecule has 0 aromatic heterocycles. The van der Waals surface area contributed by atoms with Crippen LogP contribution in [0.4, 0.5) is 0 Å². The third-order valence-corrected chi connectivity index (χ3v) is 6.03. The predicted octanol–water partition coefficient (Wildman–Crippen LogP) is 2.15. The number of carboxylic acid groups (broad SMARTS) is 1. The molecule has 122 valence electrons. The Morgan fingerprint density at radius 2 is 1.81 bits per heavy atom. The first-order chi connectivity index (χ1) is 9.54. The van der Waals surface area contributed by atoms with Crippen LogP contribution in [0, 0.1) is 16.7 Å². The van der Waals surface area contributed by atoms with Crippen LogP contribution in [0.3, 0.4) is 0 Å². The number of carbonyl (C=O) groups excluding carboxylic acids is 1. The summed E-state index contributed by atoms with van der Waals surface area (Å²) < 4.78 is 0. The zero-order valence-corrected chi connectivity index (χ0v) is 14.0. The summed E-state index contributed by atoms with van der Waals surface area (Å²) in [7, 11) is 0. The van der Waals surface area contributed by atoms with Crippen LogP contribution in [0.15, 0.2) is 0 Å². The van der Waals surface area contributed by atoms with Gasteiger partial charge in [0.1, 0.15) is 0 Å². The lowest BCUT2D eigenvalue weighted by atomic mass is 9.65. The van der Waals surface area contributed by atoms with Crippen LogP contribution in [0.25, 0.3) is 0 Å². The fraction of sp³-hybridized carbons (Fsp3) is 0.875. The summed E-state index contributed by atoms with van der Waals surface area (Å²) in [5, 5.41) is 12.3. The number of hydrogen-bond donors (Lipinski definition) is 3. The van der Waals surface area contributed by atoms with E-state index in [2.05, 4.69) is 5.32 Å². The molecule has 1 aliphatic carbocycles. The van der Waals surface area contributed by atoms with Gasteiger partial charge in [-0.3, -0.25) is 9.59 Å². The lowest BCUT2D eigenvalue weighted by Gasteiger charge is -2.40. The van der Waals surface area contributed by atoms with Gasteiger partial charge >= 0.3 is 5.97 Å². The van der Waals surface area contributed by atoms with Crippen molar-refractivity contribution >= 4 is 11.9 Å². The minimum absolute atomic E-state index is 0.0759. The number of amides is 1. The number of carbonyl (C=O) groups is 2. The van der Waals surface area contributed by atoms with Crippen LogP contribution >= 0.6 is 0 Å². The second-order valence-corrected chi connectivity index (χ2v) is 7.24. The third kappa shape index (κ3) is 3.07. The SMILES string of the molecule is CCC(N)(CC)CNC(=O)C1(C)CCC(C(=O)O)C1(C)C. The number of rotatable bonds is 6. The highest BCUT2D eigenvalue weighted by Gasteiger charge is 2.58. The monoisotopic (exact) mass is 298 g/mol. The molecular weight excluding hydrogens is 268 g/mol. The number of hydrogen-bond acceptors (Lipinski definition) is 3. The summed E-state index contributed by atoms with van der Waals surface area (Å²) in [6.45, 7) is 10.1. The van der Waals surface area contributed by atoms with E-state index in [0.29, 0.717) is 19.4 Å². The highest BCUT2D eigenvalue weighted by molar-refractivity contribution is 5.85. The first-order valence-electron chi connectivity index (χ1n) is 7.84. The molecule has 0 bridgehead atoms. The molecule has 0 spiro atoms. The van der Waals surface area contributed by atoms with Crippen LogP contribution in [0.5, 0.6) is 0 Å². The maximum atomic E-state index is 12.7. The van der Waals surface area contributed by atoms with E-state index in [9.17, 15) is 14.7 Å². The van der Waals surface area contributed by atoms with Gasteiger partial charge in [-0.1, -0.05) is 34.6 Å². The van der Waals surface area contributed by atoms with Crippen molar-refractivity contribution in [2.45, 2.75) is 65.8 Å². The van der Waals surface area contributed by atoms with Crippen molar-refractivity contribution in [1.29, 1.82) is 0 Å². The Morgan fingerprint density at radius 3 is 2.19 bits per heavy atom. The van der Waals surface area contributed by atoms with E-state index in [0.717, 1.165) is 12.8 Å². The molecule has 2 atom stereocenters. The molecule has 0 heterocycles. The molecule has 5 nitrogen and oxygen atoms in total. The summed E-state index contributed by atoms with van der Waals surface area (Å²) in [4.78, 5) is 24.1. The lowest BCUT2D eigenvalue weighted by Crippen LogP contribution is -2.54. The van der Waals surface area contributed by atoms with E-state index in [4.69, 9.17) is 5.73 Å². The minimum Gasteiger partial charge on any atom is -0.481 e. The second kappa shape index (κ2) is 5.95. The first-order valence-corrected chi connectivity index (χ1v) is 7.84. The topological polar surface area (TPSA) is 92.4 Å². The summed E-state index contributed by atoms with van der Waals surface area (Å²) in [6, 6.07) is 0. The van der Waals surface area contributed by atoms with Crippen LogP contribution < -0.4 is 11.1 Å². The molecule has 0 aliphatic heterocycles. The zero-order valence-electron chi connectivity index (χ0n) is 14.0. The highest BCUT2D eigenvalue weighted by Crippen LogP contribution is 2.56. The molecule has 0 aromatic rings. The van der Waals surface area contributed by atoms with Crippen molar-refractivity contribution in [2.75, 3.05) is 6.54 Å². The smallest absolute Gasteiger partial charge is 0.307 e. The molecular formula is C16H30N2O3. The van der Waals surface area contributed by atoms with Gasteiger partial charge in [-0.05, 0) is 31.1 Å². The molecule has 2 unspecified atom stereocenters. The van der Waals surface area contributed by atoms with Crippen LogP contribution in [-0.4, -0.2) is 29.1 Å². The van der Waals surface area contributed by atoms with E-state index in [1.165, 1.54) is 0 Å². The molecule has 1 aliphatic rings. The second-order valence-electron chi connectivity index (χ2n) is 7.24. The minimum atomic E-state index is -0.813. The largest absolute Gasteiger partial charge is 0.481 e. The van der Waals surface area contributed by atoms with Crippen LogP contribution in [-0.2, 0) is 9.59 Å². The molecule has 21 heavy (non-hydrogen) atoms. The van der Waals surface area contributed by atoms with E-state index in [1.54, 1.807) is 0 Å². The molecule has 1 saturated carbocycles.